The number of carbonyl (C=O) groups is 1. The van der Waals surface area contributed by atoms with Crippen LogP contribution < -0.4 is 10.1 Å². The van der Waals surface area contributed by atoms with Crippen molar-refractivity contribution in [3.63, 3.8) is 0 Å². The lowest BCUT2D eigenvalue weighted by Crippen LogP contribution is -2.15. The van der Waals surface area contributed by atoms with Crippen LogP contribution in [-0.4, -0.2) is 22.7 Å². The van der Waals surface area contributed by atoms with Crippen LogP contribution >= 0.6 is 0 Å². The lowest BCUT2D eigenvalue weighted by molar-refractivity contribution is -0.116. The van der Waals surface area contributed by atoms with Gasteiger partial charge in [-0.25, -0.2) is 0 Å². The van der Waals surface area contributed by atoms with E-state index in [4.69, 9.17) is 4.74 Å². The number of ether oxygens (including phenoxy) is 1. The Bertz CT molecular complexity index is 530. The van der Waals surface area contributed by atoms with Crippen LogP contribution in [0.3, 0.4) is 0 Å². The molecular weight excluding hydrogens is 242 g/mol. The second-order valence-electron chi connectivity index (χ2n) is 4.35. The van der Waals surface area contributed by atoms with Gasteiger partial charge < -0.3 is 10.1 Å². The molecule has 5 heteroatoms. The largest absolute Gasteiger partial charge is 0.493 e. The van der Waals surface area contributed by atoms with Crippen LogP contribution in [0.4, 0.5) is 5.69 Å². The first-order chi connectivity index (χ1) is 9.16. The van der Waals surface area contributed by atoms with Crippen LogP contribution in [0.25, 0.3) is 0 Å². The molecule has 1 aromatic heterocycles. The molecule has 1 aromatic carbocycles. The predicted octanol–water partition coefficient (Wildman–Crippen LogP) is 2.43. The molecule has 0 saturated heterocycles. The molecule has 2 rings (SSSR count). The molecule has 0 spiro atoms. The maximum atomic E-state index is 11.6. The third kappa shape index (κ3) is 3.58. The van der Waals surface area contributed by atoms with E-state index in [0.29, 0.717) is 18.7 Å². The van der Waals surface area contributed by atoms with Gasteiger partial charge in [0, 0.05) is 6.20 Å². The quantitative estimate of drug-likeness (QED) is 0.866. The minimum atomic E-state index is -0.0902. The van der Waals surface area contributed by atoms with E-state index in [1.165, 1.54) is 0 Å². The van der Waals surface area contributed by atoms with Crippen LogP contribution in [0, 0.1) is 13.8 Å². The molecule has 0 saturated carbocycles. The van der Waals surface area contributed by atoms with Crippen molar-refractivity contribution in [2.75, 3.05) is 11.9 Å². The average molecular weight is 259 g/mol. The highest BCUT2D eigenvalue weighted by molar-refractivity contribution is 5.90. The van der Waals surface area contributed by atoms with Crippen molar-refractivity contribution >= 4 is 11.6 Å². The minimum absolute atomic E-state index is 0.0902. The highest BCUT2D eigenvalue weighted by Gasteiger charge is 2.06. The number of para-hydroxylation sites is 1. The Hall–Kier alpha value is -2.30. The molecule has 0 aliphatic rings. The summed E-state index contributed by atoms with van der Waals surface area (Å²) in [7, 11) is 0. The fraction of sp³-hybridized carbons (Fsp3) is 0.286. The van der Waals surface area contributed by atoms with Crippen molar-refractivity contribution < 1.29 is 9.53 Å². The third-order valence-corrected chi connectivity index (χ3v) is 2.77. The van der Waals surface area contributed by atoms with E-state index in [2.05, 4.69) is 15.5 Å². The van der Waals surface area contributed by atoms with Crippen molar-refractivity contribution in [2.45, 2.75) is 20.3 Å². The lowest BCUT2D eigenvalue weighted by Gasteiger charge is -2.11. The van der Waals surface area contributed by atoms with Crippen LogP contribution in [0.1, 0.15) is 17.5 Å². The van der Waals surface area contributed by atoms with E-state index >= 15 is 0 Å². The first-order valence-corrected chi connectivity index (χ1v) is 6.14. The number of aryl methyl sites for hydroxylation is 2. The molecule has 5 nitrogen and oxygen atoms in total. The van der Waals surface area contributed by atoms with Gasteiger partial charge in [-0.15, -0.1) is 0 Å². The summed E-state index contributed by atoms with van der Waals surface area (Å²) in [4.78, 5) is 11.6. The number of amides is 1. The van der Waals surface area contributed by atoms with Crippen molar-refractivity contribution in [3.8, 4) is 5.75 Å². The number of anilines is 1. The summed E-state index contributed by atoms with van der Waals surface area (Å²) in [5.74, 6) is 0.770. The number of carbonyl (C=O) groups excluding carboxylic acids is 1. The number of hydrogen-bond acceptors (Lipinski definition) is 3. The van der Waals surface area contributed by atoms with Gasteiger partial charge >= 0.3 is 0 Å². The number of rotatable bonds is 5. The average Bonchev–Trinajstić information content (AvgIpc) is 2.85. The summed E-state index contributed by atoms with van der Waals surface area (Å²) in [6.07, 6.45) is 3.49. The van der Waals surface area contributed by atoms with E-state index in [1.54, 1.807) is 12.4 Å². The first-order valence-electron chi connectivity index (χ1n) is 6.14. The lowest BCUT2D eigenvalue weighted by atomic mass is 10.1. The van der Waals surface area contributed by atoms with E-state index < -0.39 is 0 Å². The van der Waals surface area contributed by atoms with Crippen LogP contribution in [0.15, 0.2) is 30.6 Å². The Balaban J connectivity index is 1.82. The summed E-state index contributed by atoms with van der Waals surface area (Å²) in [5.41, 5.74) is 2.82. The number of H-pyrrole nitrogens is 1. The third-order valence-electron chi connectivity index (χ3n) is 2.77. The Labute approximate surface area is 112 Å². The Morgan fingerprint density at radius 3 is 2.74 bits per heavy atom. The molecule has 0 atom stereocenters. The van der Waals surface area contributed by atoms with Gasteiger partial charge in [-0.05, 0) is 25.0 Å². The van der Waals surface area contributed by atoms with Gasteiger partial charge in [0.05, 0.1) is 24.9 Å². The molecule has 2 N–H and O–H groups in total. The fourth-order valence-corrected chi connectivity index (χ4v) is 1.82. The van der Waals surface area contributed by atoms with Crippen molar-refractivity contribution in [1.29, 1.82) is 0 Å². The monoisotopic (exact) mass is 259 g/mol. The van der Waals surface area contributed by atoms with E-state index in [0.717, 1.165) is 16.9 Å². The molecular formula is C14H17N3O2. The van der Waals surface area contributed by atoms with Gasteiger partial charge in [0.15, 0.2) is 0 Å². The second-order valence-corrected chi connectivity index (χ2v) is 4.35. The van der Waals surface area contributed by atoms with Crippen molar-refractivity contribution in [1.82, 2.24) is 10.2 Å². The SMILES string of the molecule is Cc1cccc(C)c1OCCC(=O)Nc1cn[nH]c1. The van der Waals surface area contributed by atoms with Gasteiger partial charge in [0.25, 0.3) is 0 Å². The first kappa shape index (κ1) is 13.1. The Morgan fingerprint density at radius 2 is 2.11 bits per heavy atom. The minimum Gasteiger partial charge on any atom is -0.493 e. The van der Waals surface area contributed by atoms with Crippen molar-refractivity contribution in [3.05, 3.63) is 41.7 Å². The maximum Gasteiger partial charge on any atom is 0.227 e. The highest BCUT2D eigenvalue weighted by Crippen LogP contribution is 2.22. The number of hydrogen-bond donors (Lipinski definition) is 2. The predicted molar refractivity (Wildman–Crippen MR) is 73.2 cm³/mol. The zero-order chi connectivity index (χ0) is 13.7. The van der Waals surface area contributed by atoms with Gasteiger partial charge in [-0.2, -0.15) is 5.10 Å². The summed E-state index contributed by atoms with van der Waals surface area (Å²) in [6.45, 7) is 4.34. The highest BCUT2D eigenvalue weighted by atomic mass is 16.5. The molecule has 1 heterocycles. The van der Waals surface area contributed by atoms with Crippen molar-refractivity contribution in [2.24, 2.45) is 0 Å². The van der Waals surface area contributed by atoms with Crippen LogP contribution in [-0.2, 0) is 4.79 Å². The van der Waals surface area contributed by atoms with Gasteiger partial charge in [-0.1, -0.05) is 18.2 Å². The second kappa shape index (κ2) is 6.04. The molecule has 0 radical (unpaired) electrons. The standard InChI is InChI=1S/C14H17N3O2/c1-10-4-3-5-11(2)14(10)19-7-6-13(18)17-12-8-15-16-9-12/h3-5,8-9H,6-7H2,1-2H3,(H,15,16)(H,17,18). The van der Waals surface area contributed by atoms with E-state index in [9.17, 15) is 4.79 Å². The summed E-state index contributed by atoms with van der Waals surface area (Å²) < 4.78 is 5.67. The molecule has 1 amide bonds. The van der Waals surface area contributed by atoms with E-state index in [-0.39, 0.29) is 5.91 Å². The van der Waals surface area contributed by atoms with Crippen LogP contribution in [0.5, 0.6) is 5.75 Å². The Morgan fingerprint density at radius 1 is 1.37 bits per heavy atom. The topological polar surface area (TPSA) is 67.0 Å². The normalized spacial score (nSPS) is 10.2. The van der Waals surface area contributed by atoms with Gasteiger partial charge in [0.2, 0.25) is 5.91 Å². The number of benzene rings is 1. The fourth-order valence-electron chi connectivity index (χ4n) is 1.82. The molecule has 0 fully saturated rings. The van der Waals surface area contributed by atoms with Gasteiger partial charge in [-0.3, -0.25) is 9.89 Å². The summed E-state index contributed by atoms with van der Waals surface area (Å²) in [5, 5.41) is 9.12. The molecule has 0 unspecified atom stereocenters. The van der Waals surface area contributed by atoms with Gasteiger partial charge in [0.1, 0.15) is 5.75 Å². The molecule has 19 heavy (non-hydrogen) atoms. The number of nitrogens with zero attached hydrogens (tertiary/aromatic N) is 1. The van der Waals surface area contributed by atoms with Crippen LogP contribution in [0.2, 0.25) is 0 Å². The zero-order valence-electron chi connectivity index (χ0n) is 11.1. The number of aromatic amines is 1. The molecule has 100 valence electrons. The molecule has 0 bridgehead atoms. The van der Waals surface area contributed by atoms with E-state index in [1.807, 2.05) is 32.0 Å². The zero-order valence-corrected chi connectivity index (χ0v) is 11.1. The maximum absolute atomic E-state index is 11.6. The molecule has 0 aliphatic heterocycles. The summed E-state index contributed by atoms with van der Waals surface area (Å²) in [6, 6.07) is 5.98. The Kier molecular flexibility index (Phi) is 4.18. The molecule has 0 aliphatic carbocycles. The smallest absolute Gasteiger partial charge is 0.227 e. The number of aromatic nitrogens is 2. The summed E-state index contributed by atoms with van der Waals surface area (Å²) >= 11 is 0. The molecule has 2 aromatic rings. The number of nitrogens with one attached hydrogen (secondary N) is 2.